The second-order valence-corrected chi connectivity index (χ2v) is 8.29. The highest BCUT2D eigenvalue weighted by molar-refractivity contribution is 7.16. The number of ether oxygens (including phenoxy) is 3. The molecule has 8 heteroatoms. The monoisotopic (exact) mass is 434 g/mol. The first kappa shape index (κ1) is 21.4. The van der Waals surface area contributed by atoms with E-state index in [1.54, 1.807) is 52.3 Å². The number of thiazole rings is 1. The van der Waals surface area contributed by atoms with E-state index in [0.29, 0.717) is 28.7 Å². The maximum Gasteiger partial charge on any atom is 0.291 e. The second kappa shape index (κ2) is 8.98. The van der Waals surface area contributed by atoms with Gasteiger partial charge in [-0.2, -0.15) is 4.99 Å². The fraction of sp³-hybridized carbons (Fsp3) is 0.333. The van der Waals surface area contributed by atoms with Crippen LogP contribution in [-0.4, -0.2) is 36.9 Å². The van der Waals surface area contributed by atoms with Crippen LogP contribution in [0, 0.1) is 0 Å². The van der Waals surface area contributed by atoms with E-state index in [1.807, 2.05) is 22.8 Å². The summed E-state index contributed by atoms with van der Waals surface area (Å²) < 4.78 is 19.3. The summed E-state index contributed by atoms with van der Waals surface area (Å²) in [5.74, 6) is 0.926. The molecule has 0 aliphatic rings. The Morgan fingerprint density at radius 3 is 2.48 bits per heavy atom. The van der Waals surface area contributed by atoms with E-state index in [-0.39, 0.29) is 5.91 Å². The molecule has 0 aliphatic carbocycles. The first-order valence-corrected chi connectivity index (χ1v) is 10.2. The topological polar surface area (TPSA) is 62.1 Å². The summed E-state index contributed by atoms with van der Waals surface area (Å²) in [7, 11) is 3.27. The molecule has 2 aromatic carbocycles. The van der Waals surface area contributed by atoms with E-state index in [4.69, 9.17) is 25.8 Å². The Balaban J connectivity index is 1.98. The van der Waals surface area contributed by atoms with Crippen LogP contribution >= 0.6 is 22.9 Å². The zero-order valence-corrected chi connectivity index (χ0v) is 18.3. The average Bonchev–Trinajstić information content (AvgIpc) is 3.03. The first-order valence-electron chi connectivity index (χ1n) is 9.04. The van der Waals surface area contributed by atoms with Gasteiger partial charge < -0.3 is 18.8 Å². The number of rotatable bonds is 7. The summed E-state index contributed by atoms with van der Waals surface area (Å²) >= 11 is 7.33. The van der Waals surface area contributed by atoms with Crippen LogP contribution in [-0.2, 0) is 16.1 Å². The van der Waals surface area contributed by atoms with Crippen LogP contribution in [0.3, 0.4) is 0 Å². The Morgan fingerprint density at radius 1 is 1.14 bits per heavy atom. The number of halogens is 1. The standard InChI is InChI=1S/C21H23ClN2O4S/c1-21(2,28-15-7-5-14(22)6-8-15)19(25)23-20-24(11-12-26-3)17-10-9-16(27-4)13-18(17)29-20/h5-10,13H,11-12H2,1-4H3. The highest BCUT2D eigenvalue weighted by Gasteiger charge is 2.30. The molecule has 0 fully saturated rings. The van der Waals surface area contributed by atoms with Crippen molar-refractivity contribution >= 4 is 39.1 Å². The SMILES string of the molecule is COCCn1c(=NC(=O)C(C)(C)Oc2ccc(Cl)cc2)sc2cc(OC)ccc21. The van der Waals surface area contributed by atoms with Crippen molar-refractivity contribution in [2.45, 2.75) is 26.0 Å². The molecule has 0 spiro atoms. The molecule has 0 unspecified atom stereocenters. The van der Waals surface area contributed by atoms with Crippen molar-refractivity contribution in [2.24, 2.45) is 4.99 Å². The number of carbonyl (C=O) groups excluding carboxylic acids is 1. The van der Waals surface area contributed by atoms with Gasteiger partial charge in [-0.1, -0.05) is 22.9 Å². The molecule has 0 aliphatic heterocycles. The third-order valence-corrected chi connectivity index (χ3v) is 5.60. The van der Waals surface area contributed by atoms with Crippen LogP contribution in [0.25, 0.3) is 10.2 Å². The summed E-state index contributed by atoms with van der Waals surface area (Å²) in [5.41, 5.74) is -0.170. The summed E-state index contributed by atoms with van der Waals surface area (Å²) in [4.78, 5) is 17.9. The Kier molecular flexibility index (Phi) is 6.62. The maximum atomic E-state index is 13.0. The largest absolute Gasteiger partial charge is 0.497 e. The quantitative estimate of drug-likeness (QED) is 0.556. The van der Waals surface area contributed by atoms with Crippen molar-refractivity contribution in [1.29, 1.82) is 0 Å². The van der Waals surface area contributed by atoms with Gasteiger partial charge in [0.15, 0.2) is 10.4 Å². The lowest BCUT2D eigenvalue weighted by molar-refractivity contribution is -0.130. The summed E-state index contributed by atoms with van der Waals surface area (Å²) in [6.45, 7) is 4.48. The van der Waals surface area contributed by atoms with Gasteiger partial charge >= 0.3 is 0 Å². The Labute approximate surface area is 178 Å². The second-order valence-electron chi connectivity index (χ2n) is 6.85. The molecule has 0 N–H and O–H groups in total. The molecule has 3 aromatic rings. The minimum absolute atomic E-state index is 0.378. The number of hydrogen-bond donors (Lipinski definition) is 0. The number of amides is 1. The van der Waals surface area contributed by atoms with Crippen molar-refractivity contribution in [3.63, 3.8) is 0 Å². The van der Waals surface area contributed by atoms with E-state index in [0.717, 1.165) is 16.0 Å². The Hall–Kier alpha value is -2.35. The lowest BCUT2D eigenvalue weighted by Gasteiger charge is -2.22. The molecule has 154 valence electrons. The molecule has 0 bridgehead atoms. The number of fused-ring (bicyclic) bond motifs is 1. The maximum absolute atomic E-state index is 13.0. The molecule has 0 radical (unpaired) electrons. The predicted octanol–water partition coefficient (Wildman–Crippen LogP) is 4.30. The zero-order valence-electron chi connectivity index (χ0n) is 16.8. The fourth-order valence-corrected chi connectivity index (χ4v) is 3.94. The minimum Gasteiger partial charge on any atom is -0.497 e. The molecule has 0 saturated carbocycles. The van der Waals surface area contributed by atoms with Crippen molar-refractivity contribution in [3.8, 4) is 11.5 Å². The van der Waals surface area contributed by atoms with Gasteiger partial charge in [0.2, 0.25) is 0 Å². The van der Waals surface area contributed by atoms with Crippen LogP contribution in [0.2, 0.25) is 5.02 Å². The van der Waals surface area contributed by atoms with Gasteiger partial charge in [-0.15, -0.1) is 0 Å². The van der Waals surface area contributed by atoms with Crippen molar-refractivity contribution < 1.29 is 19.0 Å². The Morgan fingerprint density at radius 2 is 1.83 bits per heavy atom. The van der Waals surface area contributed by atoms with E-state index in [1.165, 1.54) is 11.3 Å². The fourth-order valence-electron chi connectivity index (χ4n) is 2.73. The number of aromatic nitrogens is 1. The lowest BCUT2D eigenvalue weighted by atomic mass is 10.1. The number of nitrogens with zero attached hydrogens (tertiary/aromatic N) is 2. The van der Waals surface area contributed by atoms with Gasteiger partial charge in [-0.25, -0.2) is 0 Å². The predicted molar refractivity (Wildman–Crippen MR) is 115 cm³/mol. The van der Waals surface area contributed by atoms with Crippen molar-refractivity contribution in [3.05, 3.63) is 52.3 Å². The van der Waals surface area contributed by atoms with E-state index in [2.05, 4.69) is 4.99 Å². The number of methoxy groups -OCH3 is 2. The van der Waals surface area contributed by atoms with E-state index >= 15 is 0 Å². The lowest BCUT2D eigenvalue weighted by Crippen LogP contribution is -2.38. The molecule has 29 heavy (non-hydrogen) atoms. The molecule has 1 amide bonds. The van der Waals surface area contributed by atoms with Crippen LogP contribution in [0.5, 0.6) is 11.5 Å². The molecule has 1 heterocycles. The highest BCUT2D eigenvalue weighted by atomic mass is 35.5. The molecule has 6 nitrogen and oxygen atoms in total. The van der Waals surface area contributed by atoms with Crippen LogP contribution in [0.15, 0.2) is 47.5 Å². The number of benzene rings is 2. The third-order valence-electron chi connectivity index (χ3n) is 4.31. The molecule has 0 saturated heterocycles. The van der Waals surface area contributed by atoms with Crippen LogP contribution in [0.1, 0.15) is 13.8 Å². The van der Waals surface area contributed by atoms with Gasteiger partial charge in [0.25, 0.3) is 5.91 Å². The number of hydrogen-bond acceptors (Lipinski definition) is 5. The molecule has 0 atom stereocenters. The van der Waals surface area contributed by atoms with E-state index in [9.17, 15) is 4.79 Å². The summed E-state index contributed by atoms with van der Waals surface area (Å²) in [5, 5.41) is 0.603. The summed E-state index contributed by atoms with van der Waals surface area (Å²) in [6, 6.07) is 12.7. The van der Waals surface area contributed by atoms with Gasteiger partial charge in [0.1, 0.15) is 11.5 Å². The van der Waals surface area contributed by atoms with Gasteiger partial charge in [0.05, 0.1) is 23.9 Å². The smallest absolute Gasteiger partial charge is 0.291 e. The van der Waals surface area contributed by atoms with Gasteiger partial charge in [-0.05, 0) is 56.3 Å². The van der Waals surface area contributed by atoms with Crippen LogP contribution in [0.4, 0.5) is 0 Å². The normalized spacial score (nSPS) is 12.4. The molecule has 3 rings (SSSR count). The third kappa shape index (κ3) is 4.98. The van der Waals surface area contributed by atoms with Crippen molar-refractivity contribution in [1.82, 2.24) is 4.57 Å². The van der Waals surface area contributed by atoms with E-state index < -0.39 is 5.60 Å². The highest BCUT2D eigenvalue weighted by Crippen LogP contribution is 2.24. The van der Waals surface area contributed by atoms with Crippen molar-refractivity contribution in [2.75, 3.05) is 20.8 Å². The molecular formula is C21H23ClN2O4S. The zero-order chi connectivity index (χ0) is 21.0. The molecular weight excluding hydrogens is 412 g/mol. The Bertz CT molecular complexity index is 1070. The van der Waals surface area contributed by atoms with Crippen LogP contribution < -0.4 is 14.3 Å². The average molecular weight is 435 g/mol. The first-order chi connectivity index (χ1) is 13.8. The van der Waals surface area contributed by atoms with Gasteiger partial charge in [-0.3, -0.25) is 4.79 Å². The minimum atomic E-state index is -1.14. The molecule has 1 aromatic heterocycles. The summed E-state index contributed by atoms with van der Waals surface area (Å²) in [6.07, 6.45) is 0. The number of carbonyl (C=O) groups is 1. The van der Waals surface area contributed by atoms with Gasteiger partial charge in [0, 0.05) is 18.7 Å².